The molecule has 0 bridgehead atoms. The molecular weight excluding hydrogens is 428 g/mol. The quantitative estimate of drug-likeness (QED) is 0.185. The van der Waals surface area contributed by atoms with Crippen molar-refractivity contribution in [3.63, 3.8) is 0 Å². The fraction of sp³-hybridized carbons (Fsp3) is 0.417. The maximum Gasteiger partial charge on any atom is 0.337 e. The van der Waals surface area contributed by atoms with Crippen LogP contribution < -0.4 is 5.32 Å². The first kappa shape index (κ1) is 25.1. The number of hydrogen-bond acceptors (Lipinski definition) is 4. The van der Waals surface area contributed by atoms with Crippen LogP contribution in [-0.4, -0.2) is 39.4 Å². The van der Waals surface area contributed by atoms with Crippen molar-refractivity contribution in [1.29, 1.82) is 0 Å². The lowest BCUT2D eigenvalue weighted by atomic mass is 9.91. The number of halogens is 1. The highest BCUT2D eigenvalue weighted by Crippen LogP contribution is 2.25. The van der Waals surface area contributed by atoms with Gasteiger partial charge in [-0.2, -0.15) is 0 Å². The van der Waals surface area contributed by atoms with Crippen LogP contribution in [0.15, 0.2) is 63.6 Å². The molecule has 1 atom stereocenters. The molecule has 1 aromatic rings. The van der Waals surface area contributed by atoms with Gasteiger partial charge < -0.3 is 10.1 Å². The SMILES string of the molecule is C=C(/C=C(\C)CNCCC(CCC)c1ccc(C(=O)OC)cc1)/C(Br)=C\C=NC. The number of carbonyl (C=O) groups excluding carboxylic acids is 1. The van der Waals surface area contributed by atoms with Gasteiger partial charge in [-0.3, -0.25) is 4.99 Å². The third-order valence-corrected chi connectivity index (χ3v) is 5.38. The highest BCUT2D eigenvalue weighted by molar-refractivity contribution is 9.12. The molecule has 0 saturated heterocycles. The zero-order valence-electron chi connectivity index (χ0n) is 18.0. The van der Waals surface area contributed by atoms with Gasteiger partial charge in [0.2, 0.25) is 0 Å². The molecule has 0 heterocycles. The normalized spacial score (nSPS) is 13.6. The second-order valence-electron chi connectivity index (χ2n) is 7.00. The van der Waals surface area contributed by atoms with Crippen molar-refractivity contribution >= 4 is 28.1 Å². The van der Waals surface area contributed by atoms with Gasteiger partial charge in [0.05, 0.1) is 12.7 Å². The third-order valence-electron chi connectivity index (χ3n) is 4.61. The molecule has 0 aliphatic carbocycles. The number of aliphatic imine (C=N–C) groups is 1. The van der Waals surface area contributed by atoms with E-state index in [1.54, 1.807) is 13.3 Å². The van der Waals surface area contributed by atoms with Gasteiger partial charge in [0.15, 0.2) is 0 Å². The third kappa shape index (κ3) is 9.37. The maximum absolute atomic E-state index is 11.6. The molecule has 1 N–H and O–H groups in total. The lowest BCUT2D eigenvalue weighted by molar-refractivity contribution is 0.0600. The number of nitrogens with zero attached hydrogens (tertiary/aromatic N) is 1. The van der Waals surface area contributed by atoms with E-state index < -0.39 is 0 Å². The van der Waals surface area contributed by atoms with E-state index in [0.29, 0.717) is 11.5 Å². The smallest absolute Gasteiger partial charge is 0.337 e. The first-order valence-electron chi connectivity index (χ1n) is 9.96. The molecule has 1 unspecified atom stereocenters. The zero-order chi connectivity index (χ0) is 21.6. The van der Waals surface area contributed by atoms with Crippen molar-refractivity contribution in [2.24, 2.45) is 4.99 Å². The van der Waals surface area contributed by atoms with E-state index in [2.05, 4.69) is 52.7 Å². The molecule has 0 aliphatic heterocycles. The summed E-state index contributed by atoms with van der Waals surface area (Å²) in [6.45, 7) is 10.1. The zero-order valence-corrected chi connectivity index (χ0v) is 19.6. The van der Waals surface area contributed by atoms with Gasteiger partial charge in [-0.25, -0.2) is 4.79 Å². The van der Waals surface area contributed by atoms with Crippen LogP contribution >= 0.6 is 15.9 Å². The summed E-state index contributed by atoms with van der Waals surface area (Å²) in [6, 6.07) is 7.80. The fourth-order valence-corrected chi connectivity index (χ4v) is 3.29. The number of nitrogens with one attached hydrogen (secondary N) is 1. The minimum absolute atomic E-state index is 0.294. The summed E-state index contributed by atoms with van der Waals surface area (Å²) in [4.78, 5) is 15.6. The predicted molar refractivity (Wildman–Crippen MR) is 127 cm³/mol. The van der Waals surface area contributed by atoms with Crippen LogP contribution in [0.4, 0.5) is 0 Å². The summed E-state index contributed by atoms with van der Waals surface area (Å²) in [6.07, 6.45) is 9.01. The average molecular weight is 461 g/mol. The summed E-state index contributed by atoms with van der Waals surface area (Å²) in [5.74, 6) is 0.182. The van der Waals surface area contributed by atoms with E-state index >= 15 is 0 Å². The Morgan fingerprint density at radius 2 is 2.00 bits per heavy atom. The number of ether oxygens (including phenoxy) is 1. The molecule has 4 nitrogen and oxygen atoms in total. The second kappa shape index (κ2) is 14.1. The number of methoxy groups -OCH3 is 1. The largest absolute Gasteiger partial charge is 0.465 e. The molecule has 0 fully saturated rings. The van der Waals surface area contributed by atoms with E-state index in [1.807, 2.05) is 30.3 Å². The van der Waals surface area contributed by atoms with Crippen LogP contribution in [0.1, 0.15) is 54.9 Å². The van der Waals surface area contributed by atoms with Gasteiger partial charge in [-0.05, 0) is 61.6 Å². The monoisotopic (exact) mass is 460 g/mol. The molecular formula is C24H33BrN2O2. The fourth-order valence-electron chi connectivity index (χ4n) is 3.06. The van der Waals surface area contributed by atoms with Gasteiger partial charge in [-0.15, -0.1) is 0 Å². The predicted octanol–water partition coefficient (Wildman–Crippen LogP) is 5.82. The van der Waals surface area contributed by atoms with Crippen molar-refractivity contribution in [1.82, 2.24) is 5.32 Å². The van der Waals surface area contributed by atoms with Gasteiger partial charge in [-0.1, -0.05) is 59.6 Å². The summed E-state index contributed by atoms with van der Waals surface area (Å²) in [5.41, 5.74) is 4.02. The molecule has 0 saturated carbocycles. The van der Waals surface area contributed by atoms with Crippen LogP contribution in [0.3, 0.4) is 0 Å². The van der Waals surface area contributed by atoms with Crippen molar-refractivity contribution < 1.29 is 9.53 Å². The highest BCUT2D eigenvalue weighted by Gasteiger charge is 2.12. The Labute approximate surface area is 184 Å². The highest BCUT2D eigenvalue weighted by atomic mass is 79.9. The molecule has 0 radical (unpaired) electrons. The Morgan fingerprint density at radius 3 is 2.59 bits per heavy atom. The topological polar surface area (TPSA) is 50.7 Å². The number of carbonyl (C=O) groups is 1. The number of hydrogen-bond donors (Lipinski definition) is 1. The van der Waals surface area contributed by atoms with E-state index in [0.717, 1.165) is 42.4 Å². The molecule has 5 heteroatoms. The summed E-state index contributed by atoms with van der Waals surface area (Å²) in [7, 11) is 3.14. The van der Waals surface area contributed by atoms with Crippen LogP contribution in [0.25, 0.3) is 0 Å². The van der Waals surface area contributed by atoms with Gasteiger partial charge >= 0.3 is 5.97 Å². The summed E-state index contributed by atoms with van der Waals surface area (Å²) < 4.78 is 5.71. The van der Waals surface area contributed by atoms with Gasteiger partial charge in [0, 0.05) is 24.3 Å². The average Bonchev–Trinajstić information content (AvgIpc) is 2.73. The summed E-state index contributed by atoms with van der Waals surface area (Å²) >= 11 is 3.51. The Kier molecular flexibility index (Phi) is 12.2. The number of esters is 1. The Bertz CT molecular complexity index is 749. The Morgan fingerprint density at radius 1 is 1.31 bits per heavy atom. The molecule has 158 valence electrons. The number of benzene rings is 1. The van der Waals surface area contributed by atoms with E-state index in [9.17, 15) is 4.79 Å². The van der Waals surface area contributed by atoms with Crippen molar-refractivity contribution in [2.75, 3.05) is 27.2 Å². The van der Waals surface area contributed by atoms with E-state index in [1.165, 1.54) is 18.2 Å². The molecule has 1 aromatic carbocycles. The van der Waals surface area contributed by atoms with Crippen molar-refractivity contribution in [3.05, 3.63) is 69.8 Å². The number of allylic oxidation sites excluding steroid dienone is 4. The second-order valence-corrected chi connectivity index (χ2v) is 7.86. The Balaban J connectivity index is 2.57. The van der Waals surface area contributed by atoms with Crippen molar-refractivity contribution in [2.45, 2.75) is 39.0 Å². The summed E-state index contributed by atoms with van der Waals surface area (Å²) in [5, 5.41) is 3.53. The van der Waals surface area contributed by atoms with E-state index in [4.69, 9.17) is 4.74 Å². The van der Waals surface area contributed by atoms with E-state index in [-0.39, 0.29) is 5.97 Å². The number of rotatable bonds is 12. The molecule has 0 spiro atoms. The van der Waals surface area contributed by atoms with Crippen LogP contribution in [0.5, 0.6) is 0 Å². The van der Waals surface area contributed by atoms with Crippen LogP contribution in [-0.2, 0) is 4.74 Å². The van der Waals surface area contributed by atoms with Crippen LogP contribution in [0.2, 0.25) is 0 Å². The maximum atomic E-state index is 11.6. The molecule has 1 rings (SSSR count). The molecule has 29 heavy (non-hydrogen) atoms. The lowest BCUT2D eigenvalue weighted by Gasteiger charge is -2.17. The molecule has 0 aromatic heterocycles. The minimum atomic E-state index is -0.294. The van der Waals surface area contributed by atoms with Crippen molar-refractivity contribution in [3.8, 4) is 0 Å². The Hall–Kier alpha value is -1.98. The van der Waals surface area contributed by atoms with Crippen LogP contribution in [0, 0.1) is 0 Å². The van der Waals surface area contributed by atoms with Gasteiger partial charge in [0.25, 0.3) is 0 Å². The standard InChI is InChI=1S/C24H33BrN2O2/c1-6-7-20(21-8-10-22(11-9-21)24(28)29-5)12-15-27-17-18(2)16-19(3)23(25)13-14-26-4/h8-11,13-14,16,20,27H,3,6-7,12,15,17H2,1-2,4-5H3/b18-16+,23-13+,26-14?. The van der Waals surface area contributed by atoms with Gasteiger partial charge in [0.1, 0.15) is 0 Å². The first-order valence-corrected chi connectivity index (χ1v) is 10.8. The minimum Gasteiger partial charge on any atom is -0.465 e. The lowest BCUT2D eigenvalue weighted by Crippen LogP contribution is -2.20. The first-order chi connectivity index (χ1) is 13.9. The molecule has 0 aliphatic rings. The molecule has 0 amide bonds.